The minimum Gasteiger partial charge on any atom is -0.496 e. The third-order valence-electron chi connectivity index (χ3n) is 4.17. The number of hydrogen-bond donors (Lipinski definition) is 0. The molecule has 3 rings (SSSR count). The third-order valence-corrected chi connectivity index (χ3v) is 4.17. The summed E-state index contributed by atoms with van der Waals surface area (Å²) in [7, 11) is 2.90. The number of aromatic nitrogens is 1. The maximum atomic E-state index is 12.8. The summed E-state index contributed by atoms with van der Waals surface area (Å²) in [6, 6.07) is 7.15. The summed E-state index contributed by atoms with van der Waals surface area (Å²) in [5, 5.41) is 0. The number of pyridine rings is 1. The Morgan fingerprint density at radius 1 is 1.12 bits per heavy atom. The molecule has 1 aromatic heterocycles. The van der Waals surface area contributed by atoms with Crippen LogP contribution in [0, 0.1) is 0 Å². The van der Waals surface area contributed by atoms with E-state index < -0.39 is 5.97 Å². The average molecular weight is 326 g/mol. The minimum atomic E-state index is -0.399. The summed E-state index contributed by atoms with van der Waals surface area (Å²) in [5.41, 5.74) is 2.77. The maximum absolute atomic E-state index is 12.8. The number of hydrogen-bond acceptors (Lipinski definition) is 5. The van der Waals surface area contributed by atoms with Crippen molar-refractivity contribution in [1.29, 1.82) is 0 Å². The molecule has 0 aliphatic carbocycles. The summed E-state index contributed by atoms with van der Waals surface area (Å²) in [4.78, 5) is 30.5. The first kappa shape index (κ1) is 16.0. The number of carbonyl (C=O) groups excluding carboxylic acids is 2. The zero-order chi connectivity index (χ0) is 17.1. The van der Waals surface area contributed by atoms with Crippen LogP contribution in [0.2, 0.25) is 0 Å². The average Bonchev–Trinajstić information content (AvgIpc) is 2.65. The van der Waals surface area contributed by atoms with Gasteiger partial charge in [0.05, 0.1) is 25.3 Å². The van der Waals surface area contributed by atoms with Crippen LogP contribution >= 0.6 is 0 Å². The molecule has 6 heteroatoms. The number of benzene rings is 1. The topological polar surface area (TPSA) is 68.7 Å². The summed E-state index contributed by atoms with van der Waals surface area (Å²) >= 11 is 0. The predicted octanol–water partition coefficient (Wildman–Crippen LogP) is 2.08. The fourth-order valence-electron chi connectivity index (χ4n) is 2.94. The van der Waals surface area contributed by atoms with Crippen molar-refractivity contribution in [2.24, 2.45) is 0 Å². The van der Waals surface area contributed by atoms with E-state index in [1.807, 2.05) is 12.1 Å². The lowest BCUT2D eigenvalue weighted by Gasteiger charge is -2.29. The first-order chi connectivity index (χ1) is 11.7. The predicted molar refractivity (Wildman–Crippen MR) is 87.0 cm³/mol. The van der Waals surface area contributed by atoms with Crippen molar-refractivity contribution >= 4 is 11.9 Å². The molecule has 2 aromatic rings. The Morgan fingerprint density at radius 3 is 2.67 bits per heavy atom. The lowest BCUT2D eigenvalue weighted by molar-refractivity contribution is 0.0598. The molecule has 1 aromatic carbocycles. The van der Waals surface area contributed by atoms with E-state index in [4.69, 9.17) is 9.47 Å². The number of methoxy groups -OCH3 is 2. The Kier molecular flexibility index (Phi) is 4.46. The molecule has 0 radical (unpaired) electrons. The molecule has 0 N–H and O–H groups in total. The van der Waals surface area contributed by atoms with Gasteiger partial charge in [-0.2, -0.15) is 0 Å². The van der Waals surface area contributed by atoms with E-state index in [2.05, 4.69) is 4.98 Å². The molecule has 124 valence electrons. The fourth-order valence-corrected chi connectivity index (χ4v) is 2.94. The van der Waals surface area contributed by atoms with Crippen molar-refractivity contribution in [2.45, 2.75) is 13.0 Å². The van der Waals surface area contributed by atoms with Gasteiger partial charge in [-0.05, 0) is 29.7 Å². The van der Waals surface area contributed by atoms with E-state index in [-0.39, 0.29) is 5.91 Å². The summed E-state index contributed by atoms with van der Waals surface area (Å²) in [6.45, 7) is 0.932. The highest BCUT2D eigenvalue weighted by atomic mass is 16.5. The molecule has 0 spiro atoms. The first-order valence-corrected chi connectivity index (χ1v) is 7.62. The Balaban J connectivity index is 1.88. The molecule has 1 aliphatic rings. The third kappa shape index (κ3) is 2.82. The van der Waals surface area contributed by atoms with Crippen molar-refractivity contribution in [2.75, 3.05) is 20.8 Å². The lowest BCUT2D eigenvalue weighted by Crippen LogP contribution is -2.37. The Morgan fingerprint density at radius 2 is 1.92 bits per heavy atom. The number of rotatable bonds is 3. The molecule has 0 bridgehead atoms. The van der Waals surface area contributed by atoms with Crippen molar-refractivity contribution in [3.63, 3.8) is 0 Å². The number of ether oxygens (including phenoxy) is 2. The SMILES string of the molecule is COC(=O)c1cncc2c1CCN(C(=O)c1ccccc1OC)C2. The normalized spacial score (nSPS) is 13.2. The van der Waals surface area contributed by atoms with Crippen molar-refractivity contribution in [1.82, 2.24) is 9.88 Å². The molecule has 0 unspecified atom stereocenters. The number of carbonyl (C=O) groups is 2. The molecule has 0 saturated carbocycles. The van der Waals surface area contributed by atoms with Crippen LogP contribution < -0.4 is 4.74 Å². The van der Waals surface area contributed by atoms with E-state index in [1.54, 1.807) is 30.3 Å². The molecule has 0 saturated heterocycles. The number of fused-ring (bicyclic) bond motifs is 1. The van der Waals surface area contributed by atoms with Gasteiger partial charge in [-0.3, -0.25) is 9.78 Å². The van der Waals surface area contributed by atoms with Gasteiger partial charge in [0.25, 0.3) is 5.91 Å². The molecule has 1 amide bonds. The second-order valence-corrected chi connectivity index (χ2v) is 5.49. The van der Waals surface area contributed by atoms with Crippen molar-refractivity contribution in [3.05, 3.63) is 58.9 Å². The largest absolute Gasteiger partial charge is 0.496 e. The Hall–Kier alpha value is -2.89. The quantitative estimate of drug-likeness (QED) is 0.808. The molecule has 6 nitrogen and oxygen atoms in total. The number of nitrogens with zero attached hydrogens (tertiary/aromatic N) is 2. The molecular formula is C18H18N2O4. The van der Waals surface area contributed by atoms with Gasteiger partial charge < -0.3 is 14.4 Å². The van der Waals surface area contributed by atoms with E-state index in [0.717, 1.165) is 11.1 Å². The monoisotopic (exact) mass is 326 g/mol. The molecule has 24 heavy (non-hydrogen) atoms. The van der Waals surface area contributed by atoms with E-state index in [1.165, 1.54) is 13.3 Å². The van der Waals surface area contributed by atoms with Gasteiger partial charge in [0.1, 0.15) is 5.75 Å². The van der Waals surface area contributed by atoms with Crippen molar-refractivity contribution < 1.29 is 19.1 Å². The van der Waals surface area contributed by atoms with E-state index >= 15 is 0 Å². The number of amides is 1. The van der Waals surface area contributed by atoms with Crippen LogP contribution in [0.4, 0.5) is 0 Å². The van der Waals surface area contributed by atoms with Crippen LogP contribution in [0.1, 0.15) is 31.8 Å². The van der Waals surface area contributed by atoms with Crippen LogP contribution in [0.25, 0.3) is 0 Å². The summed E-state index contributed by atoms with van der Waals surface area (Å²) in [5.74, 6) is 0.0557. The molecule has 0 fully saturated rings. The van der Waals surface area contributed by atoms with Crippen LogP contribution in [-0.2, 0) is 17.7 Å². The summed E-state index contributed by atoms with van der Waals surface area (Å²) < 4.78 is 10.1. The zero-order valence-corrected chi connectivity index (χ0v) is 13.6. The van der Waals surface area contributed by atoms with Gasteiger partial charge in [-0.25, -0.2) is 4.79 Å². The van der Waals surface area contributed by atoms with Crippen LogP contribution in [-0.4, -0.2) is 42.5 Å². The van der Waals surface area contributed by atoms with Gasteiger partial charge in [0, 0.05) is 25.5 Å². The highest BCUT2D eigenvalue weighted by Gasteiger charge is 2.27. The standard InChI is InChI=1S/C18H18N2O4/c1-23-16-6-4-3-5-14(16)17(21)20-8-7-13-12(11-20)9-19-10-15(13)18(22)24-2/h3-6,9-10H,7-8,11H2,1-2H3. The van der Waals surface area contributed by atoms with Crippen LogP contribution in [0.15, 0.2) is 36.7 Å². The zero-order valence-electron chi connectivity index (χ0n) is 13.6. The number of esters is 1. The molecule has 2 heterocycles. The Bertz CT molecular complexity index is 788. The number of para-hydroxylation sites is 1. The molecule has 0 atom stereocenters. The fraction of sp³-hybridized carbons (Fsp3) is 0.278. The van der Waals surface area contributed by atoms with Crippen LogP contribution in [0.5, 0.6) is 5.75 Å². The second-order valence-electron chi connectivity index (χ2n) is 5.49. The van der Waals surface area contributed by atoms with Crippen LogP contribution in [0.3, 0.4) is 0 Å². The minimum absolute atomic E-state index is 0.0958. The van der Waals surface area contributed by atoms with Crippen molar-refractivity contribution in [3.8, 4) is 5.75 Å². The first-order valence-electron chi connectivity index (χ1n) is 7.62. The smallest absolute Gasteiger partial charge is 0.339 e. The van der Waals surface area contributed by atoms with Gasteiger partial charge in [-0.15, -0.1) is 0 Å². The van der Waals surface area contributed by atoms with Gasteiger partial charge >= 0.3 is 5.97 Å². The highest BCUT2D eigenvalue weighted by molar-refractivity contribution is 5.97. The van der Waals surface area contributed by atoms with Gasteiger partial charge in [0.15, 0.2) is 0 Å². The highest BCUT2D eigenvalue weighted by Crippen LogP contribution is 2.26. The maximum Gasteiger partial charge on any atom is 0.339 e. The van der Waals surface area contributed by atoms with E-state index in [9.17, 15) is 9.59 Å². The lowest BCUT2D eigenvalue weighted by atomic mass is 9.96. The molecule has 1 aliphatic heterocycles. The molecular weight excluding hydrogens is 308 g/mol. The van der Waals surface area contributed by atoms with Gasteiger partial charge in [0.2, 0.25) is 0 Å². The second kappa shape index (κ2) is 6.70. The Labute approximate surface area is 140 Å². The summed E-state index contributed by atoms with van der Waals surface area (Å²) in [6.07, 6.45) is 3.80. The van der Waals surface area contributed by atoms with E-state index in [0.29, 0.717) is 36.4 Å². The van der Waals surface area contributed by atoms with Gasteiger partial charge in [-0.1, -0.05) is 12.1 Å².